The second-order valence-corrected chi connectivity index (χ2v) is 2.63. The lowest BCUT2D eigenvalue weighted by molar-refractivity contribution is 0.101. The van der Waals surface area contributed by atoms with Crippen LogP contribution in [0.15, 0.2) is 24.3 Å². The van der Waals surface area contributed by atoms with E-state index in [0.29, 0.717) is 6.54 Å². The fourth-order valence-electron chi connectivity index (χ4n) is 0.975. The molecular formula is C9H12N2O. The molecule has 3 nitrogen and oxygen atoms in total. The van der Waals surface area contributed by atoms with Gasteiger partial charge in [-0.15, -0.1) is 0 Å². The van der Waals surface area contributed by atoms with Crippen LogP contribution in [-0.2, 0) is 6.54 Å². The molecule has 0 aliphatic heterocycles. The Hall–Kier alpha value is -1.19. The molecule has 64 valence electrons. The molecule has 0 radical (unpaired) electrons. The van der Waals surface area contributed by atoms with Gasteiger partial charge in [0.1, 0.15) is 0 Å². The minimum Gasteiger partial charge on any atom is -0.295 e. The van der Waals surface area contributed by atoms with E-state index in [2.05, 4.69) is 5.43 Å². The molecule has 0 spiro atoms. The van der Waals surface area contributed by atoms with Gasteiger partial charge < -0.3 is 0 Å². The summed E-state index contributed by atoms with van der Waals surface area (Å²) in [4.78, 5) is 10.9. The molecule has 0 amide bonds. The van der Waals surface area contributed by atoms with Gasteiger partial charge in [0.05, 0.1) is 0 Å². The van der Waals surface area contributed by atoms with Crippen molar-refractivity contribution in [3.8, 4) is 0 Å². The Morgan fingerprint density at radius 1 is 1.42 bits per heavy atom. The lowest BCUT2D eigenvalue weighted by atomic mass is 10.1. The zero-order valence-electron chi connectivity index (χ0n) is 7.00. The average Bonchev–Trinajstić information content (AvgIpc) is 2.06. The summed E-state index contributed by atoms with van der Waals surface area (Å²) in [6.45, 7) is 2.17. The molecule has 0 saturated carbocycles. The SMILES string of the molecule is CC(=O)c1ccc(CNN)cc1. The fraction of sp³-hybridized carbons (Fsp3) is 0.222. The Bertz CT molecular complexity index is 266. The van der Waals surface area contributed by atoms with Crippen LogP contribution in [-0.4, -0.2) is 5.78 Å². The lowest BCUT2D eigenvalue weighted by Crippen LogP contribution is -2.20. The van der Waals surface area contributed by atoms with Gasteiger partial charge in [0.2, 0.25) is 0 Å². The van der Waals surface area contributed by atoms with E-state index >= 15 is 0 Å². The van der Waals surface area contributed by atoms with E-state index in [0.717, 1.165) is 11.1 Å². The molecule has 0 atom stereocenters. The van der Waals surface area contributed by atoms with E-state index in [9.17, 15) is 4.79 Å². The van der Waals surface area contributed by atoms with Crippen molar-refractivity contribution in [2.45, 2.75) is 13.5 Å². The molecule has 1 rings (SSSR count). The van der Waals surface area contributed by atoms with Crippen LogP contribution < -0.4 is 11.3 Å². The molecule has 0 fully saturated rings. The van der Waals surface area contributed by atoms with Gasteiger partial charge in [-0.3, -0.25) is 16.1 Å². The maximum Gasteiger partial charge on any atom is 0.159 e. The zero-order chi connectivity index (χ0) is 8.97. The lowest BCUT2D eigenvalue weighted by Gasteiger charge is -2.00. The summed E-state index contributed by atoms with van der Waals surface area (Å²) >= 11 is 0. The Labute approximate surface area is 71.5 Å². The van der Waals surface area contributed by atoms with Crippen LogP contribution in [0.4, 0.5) is 0 Å². The third kappa shape index (κ3) is 2.15. The summed E-state index contributed by atoms with van der Waals surface area (Å²) in [6.07, 6.45) is 0. The molecule has 0 aliphatic carbocycles. The van der Waals surface area contributed by atoms with Crippen molar-refractivity contribution in [1.82, 2.24) is 5.43 Å². The highest BCUT2D eigenvalue weighted by molar-refractivity contribution is 5.93. The predicted molar refractivity (Wildman–Crippen MR) is 47.5 cm³/mol. The van der Waals surface area contributed by atoms with Gasteiger partial charge >= 0.3 is 0 Å². The third-order valence-corrected chi connectivity index (χ3v) is 1.67. The largest absolute Gasteiger partial charge is 0.295 e. The molecule has 0 aromatic heterocycles. The molecular weight excluding hydrogens is 152 g/mol. The first-order valence-corrected chi connectivity index (χ1v) is 3.77. The first-order chi connectivity index (χ1) is 5.74. The number of hydrogen-bond acceptors (Lipinski definition) is 3. The normalized spacial score (nSPS) is 9.83. The standard InChI is InChI=1S/C9H12N2O/c1-7(12)9-4-2-8(3-5-9)6-11-10/h2-5,11H,6,10H2,1H3. The Morgan fingerprint density at radius 2 is 2.00 bits per heavy atom. The second kappa shape index (κ2) is 3.99. The van der Waals surface area contributed by atoms with Crippen LogP contribution in [0, 0.1) is 0 Å². The fourth-order valence-corrected chi connectivity index (χ4v) is 0.975. The molecule has 0 saturated heterocycles. The van der Waals surface area contributed by atoms with Crippen molar-refractivity contribution in [2.24, 2.45) is 5.84 Å². The second-order valence-electron chi connectivity index (χ2n) is 2.63. The maximum atomic E-state index is 10.9. The van der Waals surface area contributed by atoms with Gasteiger partial charge in [-0.2, -0.15) is 0 Å². The summed E-state index contributed by atoms with van der Waals surface area (Å²) in [7, 11) is 0. The number of ketones is 1. The van der Waals surface area contributed by atoms with Crippen LogP contribution in [0.5, 0.6) is 0 Å². The Kier molecular flexibility index (Phi) is 2.96. The molecule has 3 heteroatoms. The van der Waals surface area contributed by atoms with E-state index in [1.807, 2.05) is 12.1 Å². The predicted octanol–water partition coefficient (Wildman–Crippen LogP) is 0.853. The van der Waals surface area contributed by atoms with Crippen molar-refractivity contribution in [3.63, 3.8) is 0 Å². The highest BCUT2D eigenvalue weighted by Crippen LogP contribution is 2.04. The summed E-state index contributed by atoms with van der Waals surface area (Å²) < 4.78 is 0. The Morgan fingerprint density at radius 3 is 2.42 bits per heavy atom. The van der Waals surface area contributed by atoms with Crippen molar-refractivity contribution in [2.75, 3.05) is 0 Å². The first kappa shape index (κ1) is 8.90. The van der Waals surface area contributed by atoms with E-state index < -0.39 is 0 Å². The third-order valence-electron chi connectivity index (χ3n) is 1.67. The summed E-state index contributed by atoms with van der Waals surface area (Å²) in [6, 6.07) is 7.37. The molecule has 0 unspecified atom stereocenters. The average molecular weight is 164 g/mol. The van der Waals surface area contributed by atoms with E-state index in [1.165, 1.54) is 0 Å². The topological polar surface area (TPSA) is 55.1 Å². The smallest absolute Gasteiger partial charge is 0.159 e. The van der Waals surface area contributed by atoms with Gasteiger partial charge in [-0.1, -0.05) is 24.3 Å². The molecule has 1 aromatic rings. The van der Waals surface area contributed by atoms with E-state index in [1.54, 1.807) is 19.1 Å². The van der Waals surface area contributed by atoms with Gasteiger partial charge in [0.25, 0.3) is 0 Å². The molecule has 3 N–H and O–H groups in total. The highest BCUT2D eigenvalue weighted by atomic mass is 16.1. The highest BCUT2D eigenvalue weighted by Gasteiger charge is 1.97. The minimum absolute atomic E-state index is 0.0854. The van der Waals surface area contributed by atoms with Crippen LogP contribution in [0.1, 0.15) is 22.8 Å². The number of nitrogens with one attached hydrogen (secondary N) is 1. The molecule has 12 heavy (non-hydrogen) atoms. The van der Waals surface area contributed by atoms with Crippen molar-refractivity contribution in [3.05, 3.63) is 35.4 Å². The quantitative estimate of drug-likeness (QED) is 0.395. The van der Waals surface area contributed by atoms with Crippen molar-refractivity contribution < 1.29 is 4.79 Å². The zero-order valence-corrected chi connectivity index (χ0v) is 7.00. The number of carbonyl (C=O) groups is 1. The van der Waals surface area contributed by atoms with Gasteiger partial charge in [0, 0.05) is 12.1 Å². The minimum atomic E-state index is 0.0854. The Balaban J connectivity index is 2.78. The summed E-state index contributed by atoms with van der Waals surface area (Å²) in [5.41, 5.74) is 4.35. The molecule has 0 bridgehead atoms. The number of Topliss-reactive ketones (excluding diaryl/α,β-unsaturated/α-hetero) is 1. The molecule has 0 heterocycles. The number of hydrogen-bond donors (Lipinski definition) is 2. The number of nitrogens with two attached hydrogens (primary N) is 1. The molecule has 0 aliphatic rings. The van der Waals surface area contributed by atoms with Gasteiger partial charge in [-0.05, 0) is 12.5 Å². The van der Waals surface area contributed by atoms with E-state index in [4.69, 9.17) is 5.84 Å². The first-order valence-electron chi connectivity index (χ1n) is 3.77. The van der Waals surface area contributed by atoms with E-state index in [-0.39, 0.29) is 5.78 Å². The maximum absolute atomic E-state index is 10.9. The summed E-state index contributed by atoms with van der Waals surface area (Å²) in [5, 5.41) is 0. The molecule has 1 aromatic carbocycles. The number of hydrazine groups is 1. The summed E-state index contributed by atoms with van der Waals surface area (Å²) in [5.74, 6) is 5.23. The monoisotopic (exact) mass is 164 g/mol. The van der Waals surface area contributed by atoms with Crippen LogP contribution >= 0.6 is 0 Å². The number of carbonyl (C=O) groups excluding carboxylic acids is 1. The van der Waals surface area contributed by atoms with Crippen LogP contribution in [0.25, 0.3) is 0 Å². The van der Waals surface area contributed by atoms with Crippen LogP contribution in [0.3, 0.4) is 0 Å². The van der Waals surface area contributed by atoms with Crippen LogP contribution in [0.2, 0.25) is 0 Å². The van der Waals surface area contributed by atoms with Crippen molar-refractivity contribution >= 4 is 5.78 Å². The van der Waals surface area contributed by atoms with Gasteiger partial charge in [-0.25, -0.2) is 0 Å². The number of rotatable bonds is 3. The van der Waals surface area contributed by atoms with Crippen molar-refractivity contribution in [1.29, 1.82) is 0 Å². The number of benzene rings is 1. The van der Waals surface area contributed by atoms with Gasteiger partial charge in [0.15, 0.2) is 5.78 Å².